The van der Waals surface area contributed by atoms with Crippen molar-refractivity contribution >= 4 is 10.8 Å². The number of aromatic nitrogens is 1. The van der Waals surface area contributed by atoms with Gasteiger partial charge in [0.25, 0.3) is 0 Å². The van der Waals surface area contributed by atoms with E-state index < -0.39 is 0 Å². The van der Waals surface area contributed by atoms with Gasteiger partial charge in [0.2, 0.25) is 12.0 Å². The highest BCUT2D eigenvalue weighted by Crippen LogP contribution is 2.47. The summed E-state index contributed by atoms with van der Waals surface area (Å²) in [6, 6.07) is 13.0. The SMILES string of the molecule is Cc1c2c(cc3c1C(C)C[n+]1cc4ccccc4cc1-3)OC(C)O2.[I-]. The van der Waals surface area contributed by atoms with Gasteiger partial charge in [-0.3, -0.25) is 0 Å². The van der Waals surface area contributed by atoms with Gasteiger partial charge in [0.1, 0.15) is 0 Å². The molecule has 0 saturated heterocycles. The molecule has 2 atom stereocenters. The largest absolute Gasteiger partial charge is 1.00 e. The van der Waals surface area contributed by atoms with Crippen LogP contribution in [0.4, 0.5) is 0 Å². The van der Waals surface area contributed by atoms with Crippen LogP contribution in [0.2, 0.25) is 0 Å². The Labute approximate surface area is 164 Å². The summed E-state index contributed by atoms with van der Waals surface area (Å²) in [5.41, 5.74) is 5.14. The van der Waals surface area contributed by atoms with E-state index in [1.807, 2.05) is 6.92 Å². The fraction of sp³-hybridized carbons (Fsp3) is 0.286. The molecule has 3 aromatic rings. The Kier molecular flexibility index (Phi) is 3.90. The van der Waals surface area contributed by atoms with Gasteiger partial charge >= 0.3 is 0 Å². The Balaban J connectivity index is 0.00000157. The van der Waals surface area contributed by atoms with Gasteiger partial charge in [-0.05, 0) is 35.6 Å². The fourth-order valence-corrected chi connectivity index (χ4v) is 4.23. The molecular weight excluding hydrogens is 425 g/mol. The number of rotatable bonds is 0. The Morgan fingerprint density at radius 2 is 1.80 bits per heavy atom. The van der Waals surface area contributed by atoms with Crippen LogP contribution in [0.3, 0.4) is 0 Å². The van der Waals surface area contributed by atoms with Crippen molar-refractivity contribution in [1.29, 1.82) is 0 Å². The summed E-state index contributed by atoms with van der Waals surface area (Å²) < 4.78 is 14.1. The molecule has 1 aromatic heterocycles. The Hall–Kier alpha value is -1.82. The summed E-state index contributed by atoms with van der Waals surface area (Å²) in [6.07, 6.45) is 2.06. The van der Waals surface area contributed by atoms with Crippen LogP contribution >= 0.6 is 0 Å². The van der Waals surface area contributed by atoms with Crippen molar-refractivity contribution in [2.24, 2.45) is 0 Å². The highest BCUT2D eigenvalue weighted by molar-refractivity contribution is 5.85. The number of hydrogen-bond donors (Lipinski definition) is 0. The van der Waals surface area contributed by atoms with E-state index in [0.717, 1.165) is 18.0 Å². The standard InChI is InChI=1S/C21H20NO2.HI/c1-12-10-22-11-16-7-5-4-6-15(16)8-18(22)17-9-19-21(13(2)20(12)17)24-14(3)23-19;/h4-9,11-12,14H,10H2,1-3H3;1H/q+1;/p-1. The topological polar surface area (TPSA) is 22.3 Å². The molecule has 0 bridgehead atoms. The molecule has 0 aliphatic carbocycles. The van der Waals surface area contributed by atoms with Crippen molar-refractivity contribution in [3.05, 3.63) is 53.7 Å². The van der Waals surface area contributed by atoms with Crippen molar-refractivity contribution in [3.8, 4) is 22.8 Å². The minimum atomic E-state index is -0.207. The van der Waals surface area contributed by atoms with Gasteiger partial charge < -0.3 is 33.5 Å². The number of pyridine rings is 1. The van der Waals surface area contributed by atoms with Crippen LogP contribution in [0, 0.1) is 6.92 Å². The molecular formula is C21H20INO2. The lowest BCUT2D eigenvalue weighted by Crippen LogP contribution is -3.00. The summed E-state index contributed by atoms with van der Waals surface area (Å²) in [6.45, 7) is 7.39. The molecule has 2 unspecified atom stereocenters. The first-order chi connectivity index (χ1) is 11.6. The number of ether oxygens (including phenoxy) is 2. The molecule has 0 fully saturated rings. The zero-order valence-corrected chi connectivity index (χ0v) is 16.7. The maximum atomic E-state index is 5.88. The number of nitrogens with zero attached hydrogens (tertiary/aromatic N) is 1. The zero-order valence-electron chi connectivity index (χ0n) is 14.5. The average molecular weight is 445 g/mol. The number of hydrogen-bond acceptors (Lipinski definition) is 2. The molecule has 2 aliphatic rings. The minimum Gasteiger partial charge on any atom is -1.00 e. The molecule has 3 nitrogen and oxygen atoms in total. The van der Waals surface area contributed by atoms with E-state index in [9.17, 15) is 0 Å². The second kappa shape index (κ2) is 5.87. The van der Waals surface area contributed by atoms with Crippen LogP contribution in [0.15, 0.2) is 42.6 Å². The van der Waals surface area contributed by atoms with Gasteiger partial charge in [-0.15, -0.1) is 0 Å². The van der Waals surface area contributed by atoms with Crippen LogP contribution in [-0.4, -0.2) is 6.29 Å². The molecule has 128 valence electrons. The van der Waals surface area contributed by atoms with Crippen molar-refractivity contribution < 1.29 is 38.0 Å². The summed E-state index contributed by atoms with van der Waals surface area (Å²) >= 11 is 0. The molecule has 0 spiro atoms. The van der Waals surface area contributed by atoms with Crippen LogP contribution in [0.25, 0.3) is 22.0 Å². The molecule has 3 heterocycles. The van der Waals surface area contributed by atoms with E-state index in [2.05, 4.69) is 61.0 Å². The molecule has 5 rings (SSSR count). The quantitative estimate of drug-likeness (QED) is 0.385. The van der Waals surface area contributed by atoms with E-state index >= 15 is 0 Å². The van der Waals surface area contributed by atoms with Gasteiger partial charge in [-0.2, -0.15) is 4.57 Å². The summed E-state index contributed by atoms with van der Waals surface area (Å²) in [5.74, 6) is 2.23. The third-order valence-corrected chi connectivity index (χ3v) is 5.24. The van der Waals surface area contributed by atoms with Crippen LogP contribution in [-0.2, 0) is 6.54 Å². The first kappa shape index (κ1) is 16.6. The van der Waals surface area contributed by atoms with Crippen LogP contribution < -0.4 is 38.0 Å². The van der Waals surface area contributed by atoms with Crippen molar-refractivity contribution in [2.75, 3.05) is 0 Å². The van der Waals surface area contributed by atoms with Gasteiger partial charge in [-0.1, -0.05) is 25.1 Å². The summed E-state index contributed by atoms with van der Waals surface area (Å²) in [5, 5.41) is 2.55. The van der Waals surface area contributed by atoms with E-state index in [0.29, 0.717) is 5.92 Å². The summed E-state index contributed by atoms with van der Waals surface area (Å²) in [7, 11) is 0. The molecule has 0 N–H and O–H groups in total. The van der Waals surface area contributed by atoms with Gasteiger partial charge in [0.15, 0.2) is 24.2 Å². The molecule has 2 aromatic carbocycles. The Morgan fingerprint density at radius 1 is 1.04 bits per heavy atom. The first-order valence-corrected chi connectivity index (χ1v) is 8.55. The predicted molar refractivity (Wildman–Crippen MR) is 93.4 cm³/mol. The van der Waals surface area contributed by atoms with E-state index in [1.54, 1.807) is 0 Å². The lowest BCUT2D eigenvalue weighted by Gasteiger charge is -2.23. The highest BCUT2D eigenvalue weighted by Gasteiger charge is 2.35. The number of benzene rings is 2. The maximum absolute atomic E-state index is 5.88. The van der Waals surface area contributed by atoms with Gasteiger partial charge in [-0.25, -0.2) is 0 Å². The first-order valence-electron chi connectivity index (χ1n) is 8.55. The lowest BCUT2D eigenvalue weighted by molar-refractivity contribution is -0.689. The minimum absolute atomic E-state index is 0. The molecule has 25 heavy (non-hydrogen) atoms. The summed E-state index contributed by atoms with van der Waals surface area (Å²) in [4.78, 5) is 0. The molecule has 2 aliphatic heterocycles. The Bertz CT molecular complexity index is 999. The third kappa shape index (κ3) is 2.41. The lowest BCUT2D eigenvalue weighted by atomic mass is 9.85. The molecule has 0 radical (unpaired) electrons. The normalized spacial score (nSPS) is 20.0. The highest BCUT2D eigenvalue weighted by atomic mass is 127. The van der Waals surface area contributed by atoms with Crippen LogP contribution in [0.5, 0.6) is 11.5 Å². The van der Waals surface area contributed by atoms with E-state index in [4.69, 9.17) is 9.47 Å². The van der Waals surface area contributed by atoms with Crippen molar-refractivity contribution in [1.82, 2.24) is 0 Å². The fourth-order valence-electron chi connectivity index (χ4n) is 4.23. The monoisotopic (exact) mass is 445 g/mol. The van der Waals surface area contributed by atoms with Crippen LogP contribution in [0.1, 0.15) is 30.9 Å². The van der Waals surface area contributed by atoms with Gasteiger partial charge in [0, 0.05) is 24.3 Å². The molecule has 0 amide bonds. The second-order valence-electron chi connectivity index (χ2n) is 6.93. The maximum Gasteiger partial charge on any atom is 0.238 e. The smallest absolute Gasteiger partial charge is 0.238 e. The van der Waals surface area contributed by atoms with Crippen molar-refractivity contribution in [2.45, 2.75) is 39.5 Å². The zero-order chi connectivity index (χ0) is 16.4. The molecule has 4 heteroatoms. The Morgan fingerprint density at radius 3 is 2.60 bits per heavy atom. The number of halogens is 1. The van der Waals surface area contributed by atoms with E-state index in [1.165, 1.54) is 33.2 Å². The third-order valence-electron chi connectivity index (χ3n) is 5.24. The van der Waals surface area contributed by atoms with E-state index in [-0.39, 0.29) is 30.3 Å². The van der Waals surface area contributed by atoms with Crippen molar-refractivity contribution in [3.63, 3.8) is 0 Å². The number of fused-ring (bicyclic) bond motifs is 5. The average Bonchev–Trinajstić information content (AvgIpc) is 2.94. The molecule has 0 saturated carbocycles. The predicted octanol–water partition coefficient (Wildman–Crippen LogP) is 1.34. The van der Waals surface area contributed by atoms with Gasteiger partial charge in [0.05, 0.1) is 5.56 Å². The second-order valence-corrected chi connectivity index (χ2v) is 6.93.